The van der Waals surface area contributed by atoms with Gasteiger partial charge in [0.1, 0.15) is 0 Å². The van der Waals surface area contributed by atoms with E-state index < -0.39 is 5.60 Å². The fourth-order valence-electron chi connectivity index (χ4n) is 6.11. The Morgan fingerprint density at radius 3 is 2.60 bits per heavy atom. The molecular formula is C25H38N4O. The lowest BCUT2D eigenvalue weighted by atomic mass is 9.57. The molecule has 5 rings (SSSR count). The molecule has 1 aromatic carbocycles. The first-order valence-electron chi connectivity index (χ1n) is 12.1. The van der Waals surface area contributed by atoms with Gasteiger partial charge in [-0.1, -0.05) is 12.1 Å². The summed E-state index contributed by atoms with van der Waals surface area (Å²) in [5, 5.41) is 19.8. The highest BCUT2D eigenvalue weighted by Crippen LogP contribution is 2.52. The highest BCUT2D eigenvalue weighted by molar-refractivity contribution is 5.79. The second-order valence-corrected chi connectivity index (χ2v) is 10.8. The summed E-state index contributed by atoms with van der Waals surface area (Å²) in [5.74, 6) is 0.974. The molecule has 3 fully saturated rings. The topological polar surface area (TPSA) is 53.3 Å². The third-order valence-corrected chi connectivity index (χ3v) is 8.12. The maximum absolute atomic E-state index is 10.3. The van der Waals surface area contributed by atoms with Crippen LogP contribution in [0.1, 0.15) is 70.4 Å². The van der Waals surface area contributed by atoms with Crippen molar-refractivity contribution in [2.45, 2.75) is 70.4 Å². The number of aliphatic hydroxyl groups is 1. The maximum Gasteiger partial charge on any atom is 0.0927 e. The lowest BCUT2D eigenvalue weighted by Gasteiger charge is -2.51. The molecule has 1 aromatic heterocycles. The summed E-state index contributed by atoms with van der Waals surface area (Å²) in [4.78, 5) is 2.68. The van der Waals surface area contributed by atoms with E-state index in [4.69, 9.17) is 5.10 Å². The number of hydrogen-bond acceptors (Lipinski definition) is 4. The van der Waals surface area contributed by atoms with Crippen LogP contribution in [0.15, 0.2) is 24.4 Å². The van der Waals surface area contributed by atoms with Crippen LogP contribution in [-0.2, 0) is 5.60 Å². The number of piperidine rings is 2. The number of benzene rings is 1. The molecule has 30 heavy (non-hydrogen) atoms. The van der Waals surface area contributed by atoms with Gasteiger partial charge in [0.15, 0.2) is 0 Å². The number of nitrogens with zero attached hydrogens (tertiary/aromatic N) is 3. The predicted molar refractivity (Wildman–Crippen MR) is 122 cm³/mol. The van der Waals surface area contributed by atoms with E-state index in [9.17, 15) is 5.11 Å². The predicted octanol–water partition coefficient (Wildman–Crippen LogP) is 4.07. The molecule has 1 saturated carbocycles. The van der Waals surface area contributed by atoms with Gasteiger partial charge in [0.25, 0.3) is 0 Å². The number of fused-ring (bicyclic) bond motifs is 1. The first kappa shape index (κ1) is 20.5. The van der Waals surface area contributed by atoms with Crippen LogP contribution in [0, 0.1) is 11.3 Å². The summed E-state index contributed by atoms with van der Waals surface area (Å²) in [5.41, 5.74) is 1.82. The van der Waals surface area contributed by atoms with Crippen molar-refractivity contribution in [3.63, 3.8) is 0 Å². The van der Waals surface area contributed by atoms with Gasteiger partial charge in [-0.25, -0.2) is 0 Å². The van der Waals surface area contributed by atoms with Gasteiger partial charge < -0.3 is 15.3 Å². The molecule has 2 aliphatic heterocycles. The first-order valence-corrected chi connectivity index (χ1v) is 12.1. The van der Waals surface area contributed by atoms with Crippen molar-refractivity contribution >= 4 is 10.9 Å². The van der Waals surface area contributed by atoms with Crippen LogP contribution in [0.2, 0.25) is 0 Å². The van der Waals surface area contributed by atoms with E-state index in [2.05, 4.69) is 27.2 Å². The Bertz CT molecular complexity index is 861. The second kappa shape index (κ2) is 7.92. The molecule has 0 bridgehead atoms. The molecule has 0 radical (unpaired) electrons. The Morgan fingerprint density at radius 2 is 1.90 bits per heavy atom. The van der Waals surface area contributed by atoms with Crippen molar-refractivity contribution in [3.8, 4) is 0 Å². The Morgan fingerprint density at radius 1 is 1.17 bits per heavy atom. The summed E-state index contributed by atoms with van der Waals surface area (Å²) in [6.45, 7) is 9.80. The zero-order valence-corrected chi connectivity index (χ0v) is 18.7. The van der Waals surface area contributed by atoms with Gasteiger partial charge in [-0.2, -0.15) is 5.10 Å². The Labute approximate surface area is 180 Å². The average molecular weight is 411 g/mol. The Hall–Kier alpha value is -1.43. The van der Waals surface area contributed by atoms with Gasteiger partial charge in [0, 0.05) is 24.7 Å². The van der Waals surface area contributed by atoms with Crippen molar-refractivity contribution in [3.05, 3.63) is 30.0 Å². The molecule has 2 saturated heterocycles. The second-order valence-electron chi connectivity index (χ2n) is 10.8. The molecule has 2 N–H and O–H groups in total. The average Bonchev–Trinajstić information content (AvgIpc) is 3.14. The van der Waals surface area contributed by atoms with E-state index in [1.165, 1.54) is 83.1 Å². The highest BCUT2D eigenvalue weighted by Gasteiger charge is 2.44. The maximum atomic E-state index is 10.3. The number of rotatable bonds is 5. The van der Waals surface area contributed by atoms with Crippen LogP contribution in [0.3, 0.4) is 0 Å². The third-order valence-electron chi connectivity index (χ3n) is 8.12. The van der Waals surface area contributed by atoms with Crippen LogP contribution >= 0.6 is 0 Å². The zero-order chi connectivity index (χ0) is 20.8. The summed E-state index contributed by atoms with van der Waals surface area (Å²) in [7, 11) is 0. The van der Waals surface area contributed by atoms with Gasteiger partial charge in [0.2, 0.25) is 0 Å². The van der Waals surface area contributed by atoms with E-state index in [0.29, 0.717) is 6.04 Å². The Kier molecular flexibility index (Phi) is 5.41. The lowest BCUT2D eigenvalue weighted by Crippen LogP contribution is -2.46. The molecule has 3 aliphatic rings. The summed E-state index contributed by atoms with van der Waals surface area (Å²) in [6.07, 6.45) is 11.7. The van der Waals surface area contributed by atoms with Gasteiger partial charge >= 0.3 is 0 Å². The highest BCUT2D eigenvalue weighted by atomic mass is 16.3. The molecule has 5 nitrogen and oxygen atoms in total. The van der Waals surface area contributed by atoms with Crippen LogP contribution < -0.4 is 5.32 Å². The molecule has 1 aliphatic carbocycles. The van der Waals surface area contributed by atoms with Gasteiger partial charge in [-0.15, -0.1) is 0 Å². The molecule has 164 valence electrons. The fourth-order valence-corrected chi connectivity index (χ4v) is 6.11. The van der Waals surface area contributed by atoms with E-state index >= 15 is 0 Å². The minimum absolute atomic E-state index is 0.501. The van der Waals surface area contributed by atoms with E-state index in [1.807, 2.05) is 26.0 Å². The van der Waals surface area contributed by atoms with Crippen molar-refractivity contribution in [1.82, 2.24) is 20.0 Å². The SMILES string of the molecule is CC(C)(O)c1ccc2cn(C3CCN(CCC4CC5(CCNCC5)C4)CC3)nc2c1. The summed E-state index contributed by atoms with van der Waals surface area (Å²) >= 11 is 0. The van der Waals surface area contributed by atoms with Crippen LogP contribution in [0.4, 0.5) is 0 Å². The normalized spacial score (nSPS) is 23.8. The summed E-state index contributed by atoms with van der Waals surface area (Å²) in [6, 6.07) is 6.65. The molecule has 1 spiro atoms. The van der Waals surface area contributed by atoms with Crippen molar-refractivity contribution < 1.29 is 5.11 Å². The first-order chi connectivity index (χ1) is 14.4. The number of nitrogens with one attached hydrogen (secondary N) is 1. The fraction of sp³-hybridized carbons (Fsp3) is 0.720. The van der Waals surface area contributed by atoms with Gasteiger partial charge in [0.05, 0.1) is 17.2 Å². The van der Waals surface area contributed by atoms with Gasteiger partial charge in [-0.05, 0) is 101 Å². The van der Waals surface area contributed by atoms with E-state index in [0.717, 1.165) is 22.4 Å². The summed E-state index contributed by atoms with van der Waals surface area (Å²) < 4.78 is 2.18. The number of aromatic nitrogens is 2. The third kappa shape index (κ3) is 4.17. The van der Waals surface area contributed by atoms with E-state index in [1.54, 1.807) is 0 Å². The van der Waals surface area contributed by atoms with E-state index in [-0.39, 0.29) is 0 Å². The quantitative estimate of drug-likeness (QED) is 0.780. The molecule has 3 heterocycles. The smallest absolute Gasteiger partial charge is 0.0927 e. The van der Waals surface area contributed by atoms with Crippen LogP contribution in [0.5, 0.6) is 0 Å². The van der Waals surface area contributed by atoms with Crippen molar-refractivity contribution in [2.24, 2.45) is 11.3 Å². The Balaban J connectivity index is 1.11. The monoisotopic (exact) mass is 410 g/mol. The largest absolute Gasteiger partial charge is 0.386 e. The molecule has 2 aromatic rings. The van der Waals surface area contributed by atoms with Crippen molar-refractivity contribution in [1.29, 1.82) is 0 Å². The zero-order valence-electron chi connectivity index (χ0n) is 18.7. The van der Waals surface area contributed by atoms with Gasteiger partial charge in [-0.3, -0.25) is 4.68 Å². The molecule has 0 amide bonds. The number of hydrogen-bond donors (Lipinski definition) is 2. The van der Waals surface area contributed by atoms with Crippen molar-refractivity contribution in [2.75, 3.05) is 32.7 Å². The molecular weight excluding hydrogens is 372 g/mol. The standard InChI is InChI=1S/C25H38N4O/c1-24(2,30)21-4-3-20-18-29(27-23(20)15-21)22-6-13-28(14-7-22)12-5-19-16-25(17-19)8-10-26-11-9-25/h3-4,15,18-19,22,26,30H,5-14,16-17H2,1-2H3. The minimum atomic E-state index is -0.822. The molecule has 5 heteroatoms. The van der Waals surface area contributed by atoms with Crippen LogP contribution in [0.25, 0.3) is 10.9 Å². The molecule has 0 unspecified atom stereocenters. The number of likely N-dealkylation sites (tertiary alicyclic amines) is 1. The minimum Gasteiger partial charge on any atom is -0.386 e. The van der Waals surface area contributed by atoms with Crippen LogP contribution in [-0.4, -0.2) is 52.5 Å². The lowest BCUT2D eigenvalue weighted by molar-refractivity contribution is 0.0109. The molecule has 0 atom stereocenters.